The largest absolute Gasteiger partial charge is 0.389 e. The third-order valence-electron chi connectivity index (χ3n) is 5.00. The second-order valence-corrected chi connectivity index (χ2v) is 8.37. The van der Waals surface area contributed by atoms with Gasteiger partial charge in [-0.15, -0.1) is 11.3 Å². The van der Waals surface area contributed by atoms with Crippen molar-refractivity contribution >= 4 is 33.9 Å². The van der Waals surface area contributed by atoms with Crippen LogP contribution in [0.5, 0.6) is 0 Å². The van der Waals surface area contributed by atoms with Gasteiger partial charge in [-0.25, -0.2) is 4.98 Å². The third-order valence-corrected chi connectivity index (χ3v) is 5.82. The van der Waals surface area contributed by atoms with Gasteiger partial charge in [-0.2, -0.15) is 4.68 Å². The number of carbonyl (C=O) groups is 1. The number of aromatic nitrogens is 3. The van der Waals surface area contributed by atoms with Crippen molar-refractivity contribution in [1.82, 2.24) is 14.8 Å². The molecule has 0 fully saturated rings. The average Bonchev–Trinajstić information content (AvgIpc) is 3.42. The lowest BCUT2D eigenvalue weighted by molar-refractivity contribution is -0.389. The summed E-state index contributed by atoms with van der Waals surface area (Å²) >= 11 is 1.37. The van der Waals surface area contributed by atoms with E-state index in [2.05, 4.69) is 5.10 Å². The lowest BCUT2D eigenvalue weighted by Crippen LogP contribution is -2.30. The van der Waals surface area contributed by atoms with Gasteiger partial charge in [-0.3, -0.25) is 9.69 Å². The highest BCUT2D eigenvalue weighted by Gasteiger charge is 2.25. The summed E-state index contributed by atoms with van der Waals surface area (Å²) in [6, 6.07) is 15.2. The number of carbonyl (C=O) groups excluding carboxylic acids is 1. The fraction of sp³-hybridized carbons (Fsp3) is 0.174. The van der Waals surface area contributed by atoms with Gasteiger partial charge in [-0.1, -0.05) is 42.0 Å². The number of hydrogen-bond donors (Lipinski definition) is 0. The Hall–Kier alpha value is -3.85. The van der Waals surface area contributed by atoms with E-state index in [1.807, 2.05) is 68.6 Å². The zero-order chi connectivity index (χ0) is 22.8. The molecule has 0 aliphatic carbocycles. The molecule has 9 heteroatoms. The molecule has 0 atom stereocenters. The molecule has 32 heavy (non-hydrogen) atoms. The highest BCUT2D eigenvalue weighted by atomic mass is 32.1. The van der Waals surface area contributed by atoms with Crippen LogP contribution in [0.15, 0.2) is 60.1 Å². The molecule has 162 valence electrons. The first-order chi connectivity index (χ1) is 15.3. The molecule has 8 nitrogen and oxygen atoms in total. The zero-order valence-electron chi connectivity index (χ0n) is 17.8. The number of nitrogens with zero attached hydrogens (tertiary/aromatic N) is 5. The van der Waals surface area contributed by atoms with E-state index in [1.165, 1.54) is 28.3 Å². The Morgan fingerprint density at radius 3 is 2.50 bits per heavy atom. The number of benzene rings is 2. The molecule has 0 aliphatic rings. The number of amides is 1. The molecule has 4 aromatic rings. The molecular weight excluding hydrogens is 426 g/mol. The van der Waals surface area contributed by atoms with Crippen LogP contribution in [-0.2, 0) is 11.3 Å². The van der Waals surface area contributed by atoms with Crippen LogP contribution in [0.4, 0.5) is 16.6 Å². The molecule has 0 unspecified atom stereocenters. The van der Waals surface area contributed by atoms with Crippen molar-refractivity contribution in [3.63, 3.8) is 0 Å². The van der Waals surface area contributed by atoms with Gasteiger partial charge >= 0.3 is 5.82 Å². The predicted molar refractivity (Wildman–Crippen MR) is 124 cm³/mol. The molecule has 2 aromatic heterocycles. The standard InChI is InChI=1S/C23H21N5O3S/c1-15-5-8-18(9-6-15)19-14-32-23(24-19)27(20-12-16(2)4-7-17(20)3)22(29)13-26-11-10-21(25-26)28(30)31/h4-12,14H,13H2,1-3H3. The van der Waals surface area contributed by atoms with E-state index in [0.717, 1.165) is 33.6 Å². The molecule has 1 amide bonds. The quantitative estimate of drug-likeness (QED) is 0.299. The van der Waals surface area contributed by atoms with Gasteiger partial charge in [0.05, 0.1) is 28.7 Å². The monoisotopic (exact) mass is 447 g/mol. The smallest absolute Gasteiger partial charge is 0.358 e. The summed E-state index contributed by atoms with van der Waals surface area (Å²) in [5.41, 5.74) is 5.55. The number of rotatable bonds is 6. The summed E-state index contributed by atoms with van der Waals surface area (Å²) in [5, 5.41) is 17.3. The van der Waals surface area contributed by atoms with Gasteiger partial charge in [0.2, 0.25) is 0 Å². The first-order valence-corrected chi connectivity index (χ1v) is 10.8. The third kappa shape index (κ3) is 4.42. The number of aryl methyl sites for hydroxylation is 3. The second kappa shape index (κ2) is 8.72. The Balaban J connectivity index is 1.72. The van der Waals surface area contributed by atoms with Gasteiger partial charge in [-0.05, 0) is 42.9 Å². The van der Waals surface area contributed by atoms with E-state index < -0.39 is 4.92 Å². The normalized spacial score (nSPS) is 10.8. The van der Waals surface area contributed by atoms with Crippen molar-refractivity contribution in [2.75, 3.05) is 4.90 Å². The van der Waals surface area contributed by atoms with Gasteiger partial charge in [0.25, 0.3) is 5.91 Å². The minimum absolute atomic E-state index is 0.152. The molecule has 4 rings (SSSR count). The summed E-state index contributed by atoms with van der Waals surface area (Å²) in [5.74, 6) is -0.589. The highest BCUT2D eigenvalue weighted by Crippen LogP contribution is 2.34. The zero-order valence-corrected chi connectivity index (χ0v) is 18.7. The Morgan fingerprint density at radius 1 is 1.09 bits per heavy atom. The number of anilines is 2. The van der Waals surface area contributed by atoms with Crippen LogP contribution in [0.2, 0.25) is 0 Å². The lowest BCUT2D eigenvalue weighted by Gasteiger charge is -2.22. The maximum absolute atomic E-state index is 13.4. The van der Waals surface area contributed by atoms with Crippen molar-refractivity contribution in [2.24, 2.45) is 0 Å². The molecule has 0 N–H and O–H groups in total. The van der Waals surface area contributed by atoms with Crippen LogP contribution in [0.25, 0.3) is 11.3 Å². The highest BCUT2D eigenvalue weighted by molar-refractivity contribution is 7.14. The maximum Gasteiger partial charge on any atom is 0.389 e. The van der Waals surface area contributed by atoms with Gasteiger partial charge in [0.1, 0.15) is 6.54 Å². The number of nitro groups is 1. The van der Waals surface area contributed by atoms with Crippen molar-refractivity contribution in [2.45, 2.75) is 27.3 Å². The molecule has 0 radical (unpaired) electrons. The topological polar surface area (TPSA) is 94.2 Å². The van der Waals surface area contributed by atoms with E-state index in [0.29, 0.717) is 5.13 Å². The van der Waals surface area contributed by atoms with Crippen LogP contribution in [-0.4, -0.2) is 25.6 Å². The molecule has 2 aromatic carbocycles. The summed E-state index contributed by atoms with van der Waals surface area (Å²) in [7, 11) is 0. The van der Waals surface area contributed by atoms with E-state index >= 15 is 0 Å². The molecule has 0 spiro atoms. The summed E-state index contributed by atoms with van der Waals surface area (Å²) in [6.45, 7) is 5.77. The number of hydrogen-bond acceptors (Lipinski definition) is 6. The molecule has 0 saturated heterocycles. The fourth-order valence-corrected chi connectivity index (χ4v) is 4.14. The SMILES string of the molecule is Cc1ccc(-c2csc(N(C(=O)Cn3ccc([N+](=O)[O-])n3)c3cc(C)ccc3C)n2)cc1. The Labute approximate surface area is 188 Å². The first kappa shape index (κ1) is 21.4. The summed E-state index contributed by atoms with van der Waals surface area (Å²) in [6.07, 6.45) is 1.43. The maximum atomic E-state index is 13.4. The van der Waals surface area contributed by atoms with E-state index in [1.54, 1.807) is 4.90 Å². The lowest BCUT2D eigenvalue weighted by atomic mass is 10.1. The van der Waals surface area contributed by atoms with Gasteiger partial charge in [0, 0.05) is 10.9 Å². The van der Waals surface area contributed by atoms with Crippen LogP contribution >= 0.6 is 11.3 Å². The van der Waals surface area contributed by atoms with Crippen LogP contribution in [0.3, 0.4) is 0 Å². The van der Waals surface area contributed by atoms with Gasteiger partial charge in [0.15, 0.2) is 5.13 Å². The average molecular weight is 448 g/mol. The minimum Gasteiger partial charge on any atom is -0.358 e. The number of thiazole rings is 1. The summed E-state index contributed by atoms with van der Waals surface area (Å²) in [4.78, 5) is 30.1. The molecule has 2 heterocycles. The molecule has 0 aliphatic heterocycles. The Kier molecular flexibility index (Phi) is 5.83. The molecular formula is C23H21N5O3S. The van der Waals surface area contributed by atoms with Crippen molar-refractivity contribution < 1.29 is 9.72 Å². The van der Waals surface area contributed by atoms with Crippen LogP contribution in [0, 0.1) is 30.9 Å². The van der Waals surface area contributed by atoms with Crippen LogP contribution in [0.1, 0.15) is 16.7 Å². The van der Waals surface area contributed by atoms with Gasteiger partial charge < -0.3 is 10.1 Å². The summed E-state index contributed by atoms with van der Waals surface area (Å²) < 4.78 is 1.27. The molecule has 0 bridgehead atoms. The molecule has 0 saturated carbocycles. The van der Waals surface area contributed by atoms with Crippen molar-refractivity contribution in [3.05, 3.63) is 86.9 Å². The van der Waals surface area contributed by atoms with E-state index in [-0.39, 0.29) is 18.3 Å². The van der Waals surface area contributed by atoms with E-state index in [4.69, 9.17) is 4.98 Å². The minimum atomic E-state index is -0.585. The van der Waals surface area contributed by atoms with Crippen molar-refractivity contribution in [1.29, 1.82) is 0 Å². The predicted octanol–water partition coefficient (Wildman–Crippen LogP) is 5.20. The Morgan fingerprint density at radius 2 is 1.81 bits per heavy atom. The fourth-order valence-electron chi connectivity index (χ4n) is 3.27. The van der Waals surface area contributed by atoms with Crippen molar-refractivity contribution in [3.8, 4) is 11.3 Å². The second-order valence-electron chi connectivity index (χ2n) is 7.53. The van der Waals surface area contributed by atoms with Crippen LogP contribution < -0.4 is 4.90 Å². The first-order valence-electron chi connectivity index (χ1n) is 9.92. The van der Waals surface area contributed by atoms with E-state index in [9.17, 15) is 14.9 Å². The Bertz CT molecular complexity index is 1290.